The quantitative estimate of drug-likeness (QED) is 0.269. The molecule has 2 aromatic carbocycles. The molecule has 7 nitrogen and oxygen atoms in total. The lowest BCUT2D eigenvalue weighted by Gasteiger charge is -2.08. The first-order valence-electron chi connectivity index (χ1n) is 9.50. The molecule has 176 valence electrons. The van der Waals surface area contributed by atoms with Gasteiger partial charge in [-0.1, -0.05) is 29.3 Å². The molecule has 2 heterocycles. The number of hydrogen-bond donors (Lipinski definition) is 1. The Balaban J connectivity index is 1.39. The molecule has 0 aliphatic heterocycles. The maximum absolute atomic E-state index is 13.9. The predicted octanol–water partition coefficient (Wildman–Crippen LogP) is 5.28. The second-order valence-corrected chi connectivity index (χ2v) is 7.65. The SMILES string of the molecule is O=C(Nc1ccn(Cc2c(F)c(F)cc(F)c2F)n1)c1ccn(COc2cccc(Cl)c2Cl)n1. The van der Waals surface area contributed by atoms with Crippen LogP contribution in [0.15, 0.2) is 48.8 Å². The topological polar surface area (TPSA) is 74.0 Å². The molecule has 0 aliphatic rings. The van der Waals surface area contributed by atoms with Crippen LogP contribution in [0.5, 0.6) is 5.75 Å². The minimum absolute atomic E-state index is 0.0270. The molecule has 2 aromatic heterocycles. The molecule has 4 aromatic rings. The first kappa shape index (κ1) is 23.6. The van der Waals surface area contributed by atoms with E-state index < -0.39 is 41.3 Å². The van der Waals surface area contributed by atoms with Crippen molar-refractivity contribution in [3.05, 3.63) is 93.4 Å². The van der Waals surface area contributed by atoms with E-state index in [4.69, 9.17) is 27.9 Å². The van der Waals surface area contributed by atoms with Crippen molar-refractivity contribution in [3.63, 3.8) is 0 Å². The number of carbonyl (C=O) groups is 1. The van der Waals surface area contributed by atoms with E-state index in [1.165, 1.54) is 29.2 Å². The second kappa shape index (κ2) is 9.74. The molecule has 0 fully saturated rings. The van der Waals surface area contributed by atoms with Crippen LogP contribution in [-0.4, -0.2) is 25.5 Å². The van der Waals surface area contributed by atoms with Gasteiger partial charge in [0.1, 0.15) is 10.8 Å². The zero-order valence-electron chi connectivity index (χ0n) is 16.9. The third-order valence-corrected chi connectivity index (χ3v) is 5.35. The van der Waals surface area contributed by atoms with Crippen molar-refractivity contribution in [1.29, 1.82) is 0 Å². The van der Waals surface area contributed by atoms with Crippen LogP contribution in [-0.2, 0) is 13.3 Å². The second-order valence-electron chi connectivity index (χ2n) is 6.87. The van der Waals surface area contributed by atoms with Gasteiger partial charge in [-0.3, -0.25) is 9.48 Å². The molecule has 0 bridgehead atoms. The summed E-state index contributed by atoms with van der Waals surface area (Å²) in [6.45, 7) is -0.649. The number of nitrogens with one attached hydrogen (secondary N) is 1. The minimum atomic E-state index is -1.52. The van der Waals surface area contributed by atoms with Crippen molar-refractivity contribution in [2.75, 3.05) is 5.32 Å². The van der Waals surface area contributed by atoms with Gasteiger partial charge < -0.3 is 10.1 Å². The van der Waals surface area contributed by atoms with Crippen LogP contribution < -0.4 is 10.1 Å². The molecule has 0 saturated heterocycles. The third-order valence-electron chi connectivity index (χ3n) is 4.55. The van der Waals surface area contributed by atoms with Crippen molar-refractivity contribution in [2.24, 2.45) is 0 Å². The summed E-state index contributed by atoms with van der Waals surface area (Å²) in [6.07, 6.45) is 2.77. The van der Waals surface area contributed by atoms with Crippen LogP contribution in [0.1, 0.15) is 16.1 Å². The lowest BCUT2D eigenvalue weighted by atomic mass is 10.2. The van der Waals surface area contributed by atoms with Crippen LogP contribution in [0.25, 0.3) is 0 Å². The van der Waals surface area contributed by atoms with Crippen molar-refractivity contribution >= 4 is 34.9 Å². The highest BCUT2D eigenvalue weighted by atomic mass is 35.5. The highest BCUT2D eigenvalue weighted by molar-refractivity contribution is 6.42. The van der Waals surface area contributed by atoms with Gasteiger partial charge in [0.15, 0.2) is 41.5 Å². The first-order chi connectivity index (χ1) is 16.2. The number of rotatable bonds is 7. The van der Waals surface area contributed by atoms with E-state index in [2.05, 4.69) is 15.5 Å². The Hall–Kier alpha value is -3.57. The molecule has 1 amide bonds. The largest absolute Gasteiger partial charge is 0.470 e. The highest BCUT2D eigenvalue weighted by Gasteiger charge is 2.20. The number of carbonyl (C=O) groups excluding carboxylic acids is 1. The molecule has 1 N–H and O–H groups in total. The zero-order valence-corrected chi connectivity index (χ0v) is 18.4. The van der Waals surface area contributed by atoms with Gasteiger partial charge in [0.2, 0.25) is 0 Å². The average Bonchev–Trinajstić information content (AvgIpc) is 3.46. The number of halogens is 6. The van der Waals surface area contributed by atoms with Crippen molar-refractivity contribution in [3.8, 4) is 5.75 Å². The molecule has 0 atom stereocenters. The van der Waals surface area contributed by atoms with Gasteiger partial charge in [-0.2, -0.15) is 10.2 Å². The Kier molecular flexibility index (Phi) is 6.75. The van der Waals surface area contributed by atoms with Crippen LogP contribution in [0.2, 0.25) is 10.0 Å². The summed E-state index contributed by atoms with van der Waals surface area (Å²) in [5, 5.41) is 11.0. The van der Waals surface area contributed by atoms with E-state index >= 15 is 0 Å². The molecular formula is C21H13Cl2F4N5O2. The van der Waals surface area contributed by atoms with Gasteiger partial charge >= 0.3 is 0 Å². The van der Waals surface area contributed by atoms with Gasteiger partial charge in [-0.05, 0) is 18.2 Å². The number of ether oxygens (including phenoxy) is 1. The van der Waals surface area contributed by atoms with E-state index in [0.717, 1.165) is 4.68 Å². The summed E-state index contributed by atoms with van der Waals surface area (Å²) in [5.41, 5.74) is -0.809. The fourth-order valence-corrected chi connectivity index (χ4v) is 3.25. The number of benzene rings is 2. The molecule has 0 unspecified atom stereocenters. The fourth-order valence-electron chi connectivity index (χ4n) is 2.91. The van der Waals surface area contributed by atoms with Crippen LogP contribution in [0.4, 0.5) is 23.4 Å². The highest BCUT2D eigenvalue weighted by Crippen LogP contribution is 2.31. The average molecular weight is 514 g/mol. The molecule has 0 aliphatic carbocycles. The van der Waals surface area contributed by atoms with Gasteiger partial charge in [-0.15, -0.1) is 0 Å². The Bertz CT molecular complexity index is 1350. The number of nitrogens with zero attached hydrogens (tertiary/aromatic N) is 4. The predicted molar refractivity (Wildman–Crippen MR) is 115 cm³/mol. The van der Waals surface area contributed by atoms with E-state index in [-0.39, 0.29) is 29.3 Å². The smallest absolute Gasteiger partial charge is 0.277 e. The summed E-state index contributed by atoms with van der Waals surface area (Å²) >= 11 is 12.0. The summed E-state index contributed by atoms with van der Waals surface area (Å²) in [5.74, 6) is -6.34. The Morgan fingerprint density at radius 2 is 1.68 bits per heavy atom. The normalized spacial score (nSPS) is 11.0. The molecule has 4 rings (SSSR count). The molecule has 13 heteroatoms. The Labute approximate surface area is 199 Å². The van der Waals surface area contributed by atoms with Gasteiger partial charge in [-0.25, -0.2) is 22.2 Å². The van der Waals surface area contributed by atoms with E-state index in [9.17, 15) is 22.4 Å². The van der Waals surface area contributed by atoms with Crippen LogP contribution in [0.3, 0.4) is 0 Å². The van der Waals surface area contributed by atoms with Crippen molar-refractivity contribution in [1.82, 2.24) is 19.6 Å². The minimum Gasteiger partial charge on any atom is -0.470 e. The lowest BCUT2D eigenvalue weighted by Crippen LogP contribution is -2.15. The molecular weight excluding hydrogens is 501 g/mol. The van der Waals surface area contributed by atoms with Gasteiger partial charge in [0.25, 0.3) is 5.91 Å². The summed E-state index contributed by atoms with van der Waals surface area (Å²) in [6, 6.07) is 7.78. The van der Waals surface area contributed by atoms with E-state index in [1.54, 1.807) is 18.2 Å². The summed E-state index contributed by atoms with van der Waals surface area (Å²) in [7, 11) is 0. The van der Waals surface area contributed by atoms with Gasteiger partial charge in [0, 0.05) is 24.5 Å². The molecule has 34 heavy (non-hydrogen) atoms. The van der Waals surface area contributed by atoms with Crippen molar-refractivity contribution in [2.45, 2.75) is 13.3 Å². The summed E-state index contributed by atoms with van der Waals surface area (Å²) < 4.78 is 62.4. The standard InChI is InChI=1S/C21H13Cl2F4N5O2/c22-12-2-1-3-16(18(12)23)34-10-32-6-4-15(29-32)21(33)28-17-5-7-31(30-17)9-11-19(26)13(24)8-14(25)20(11)27/h1-8H,9-10H2,(H,28,30,33). The third kappa shape index (κ3) is 5.00. The Morgan fingerprint density at radius 3 is 2.41 bits per heavy atom. The fraction of sp³-hybridized carbons (Fsp3) is 0.0952. The number of hydrogen-bond acceptors (Lipinski definition) is 4. The van der Waals surface area contributed by atoms with Crippen molar-refractivity contribution < 1.29 is 27.1 Å². The lowest BCUT2D eigenvalue weighted by molar-refractivity contribution is 0.101. The first-order valence-corrected chi connectivity index (χ1v) is 10.3. The van der Waals surface area contributed by atoms with Gasteiger partial charge in [0.05, 0.1) is 17.1 Å². The summed E-state index contributed by atoms with van der Waals surface area (Å²) in [4.78, 5) is 12.4. The maximum atomic E-state index is 13.9. The zero-order chi connectivity index (χ0) is 24.4. The van der Waals surface area contributed by atoms with Crippen LogP contribution in [0, 0.1) is 23.3 Å². The van der Waals surface area contributed by atoms with E-state index in [0.29, 0.717) is 10.8 Å². The van der Waals surface area contributed by atoms with E-state index in [1.807, 2.05) is 0 Å². The van der Waals surface area contributed by atoms with Crippen LogP contribution >= 0.6 is 23.2 Å². The molecule has 0 spiro atoms. The number of anilines is 1. The number of amides is 1. The maximum Gasteiger partial charge on any atom is 0.277 e. The Morgan fingerprint density at radius 1 is 0.971 bits per heavy atom. The molecule has 0 radical (unpaired) electrons. The number of aromatic nitrogens is 4. The monoisotopic (exact) mass is 513 g/mol. The molecule has 0 saturated carbocycles.